The predicted molar refractivity (Wildman–Crippen MR) is 105 cm³/mol. The number of carbonyl (C=O) groups excluding carboxylic acids is 1. The summed E-state index contributed by atoms with van der Waals surface area (Å²) in [7, 11) is 0. The summed E-state index contributed by atoms with van der Waals surface area (Å²) in [6, 6.07) is 14.9. The average Bonchev–Trinajstić information content (AvgIpc) is 3.13. The Morgan fingerprint density at radius 1 is 1.15 bits per heavy atom. The molecule has 4 rings (SSSR count). The number of nitrogens with zero attached hydrogens (tertiary/aromatic N) is 1. The number of aromatic nitrogens is 1. The van der Waals surface area contributed by atoms with E-state index in [1.165, 1.54) is 11.6 Å². The summed E-state index contributed by atoms with van der Waals surface area (Å²) in [5, 5.41) is 7.16. The van der Waals surface area contributed by atoms with Crippen molar-refractivity contribution in [2.75, 3.05) is 5.32 Å². The monoisotopic (exact) mass is 363 g/mol. The summed E-state index contributed by atoms with van der Waals surface area (Å²) in [5.74, 6) is 0.0105. The molecule has 0 unspecified atom stereocenters. The van der Waals surface area contributed by atoms with Crippen LogP contribution in [0, 0.1) is 12.7 Å². The van der Waals surface area contributed by atoms with Crippen LogP contribution in [-0.4, -0.2) is 17.1 Å². The van der Waals surface area contributed by atoms with Gasteiger partial charge in [0.05, 0.1) is 5.69 Å². The predicted octanol–water partition coefficient (Wildman–Crippen LogP) is 5.14. The fourth-order valence-corrected chi connectivity index (χ4v) is 3.90. The van der Waals surface area contributed by atoms with Gasteiger partial charge in [-0.3, -0.25) is 4.98 Å². The van der Waals surface area contributed by atoms with Crippen molar-refractivity contribution in [3.05, 3.63) is 71.8 Å². The van der Waals surface area contributed by atoms with E-state index in [9.17, 15) is 9.18 Å². The van der Waals surface area contributed by atoms with Gasteiger partial charge in [0.1, 0.15) is 5.82 Å². The fourth-order valence-electron chi connectivity index (χ4n) is 3.90. The minimum Gasteiger partial charge on any atom is -0.335 e. The number of pyridine rings is 1. The summed E-state index contributed by atoms with van der Waals surface area (Å²) < 4.78 is 14.3. The molecule has 2 amide bonds. The van der Waals surface area contributed by atoms with Crippen LogP contribution >= 0.6 is 0 Å². The van der Waals surface area contributed by atoms with Crippen molar-refractivity contribution < 1.29 is 9.18 Å². The van der Waals surface area contributed by atoms with Gasteiger partial charge >= 0.3 is 6.03 Å². The number of fused-ring (bicyclic) bond motifs is 1. The molecular formula is C22H22FN3O. The number of nitrogens with one attached hydrogen (secondary N) is 2. The summed E-state index contributed by atoms with van der Waals surface area (Å²) in [6.07, 6.45) is 4.56. The zero-order valence-electron chi connectivity index (χ0n) is 15.2. The molecule has 5 heteroatoms. The maximum absolute atomic E-state index is 14.3. The highest BCUT2D eigenvalue weighted by Gasteiger charge is 2.27. The first-order valence-electron chi connectivity index (χ1n) is 9.27. The Hall–Kier alpha value is -2.95. The molecule has 0 bridgehead atoms. The SMILES string of the molecule is Cc1cc2c(NC(=O)N[C@H]3CC[C@H](c4ccccc4)C3)c(F)ccc2cn1. The Bertz CT molecular complexity index is 969. The molecule has 0 radical (unpaired) electrons. The van der Waals surface area contributed by atoms with E-state index >= 15 is 0 Å². The third kappa shape index (κ3) is 3.77. The number of rotatable bonds is 3. The molecule has 0 spiro atoms. The van der Waals surface area contributed by atoms with Crippen molar-refractivity contribution in [2.24, 2.45) is 0 Å². The lowest BCUT2D eigenvalue weighted by molar-refractivity contribution is 0.248. The zero-order chi connectivity index (χ0) is 18.8. The Labute approximate surface area is 157 Å². The number of urea groups is 1. The van der Waals surface area contributed by atoms with Crippen LogP contribution in [0.25, 0.3) is 10.8 Å². The van der Waals surface area contributed by atoms with Crippen molar-refractivity contribution in [1.29, 1.82) is 0 Å². The van der Waals surface area contributed by atoms with Crippen LogP contribution in [0.1, 0.15) is 36.4 Å². The topological polar surface area (TPSA) is 54.0 Å². The Morgan fingerprint density at radius 2 is 1.96 bits per heavy atom. The molecule has 2 aromatic carbocycles. The number of benzene rings is 2. The first-order valence-corrected chi connectivity index (χ1v) is 9.27. The summed E-state index contributed by atoms with van der Waals surface area (Å²) >= 11 is 0. The third-order valence-corrected chi connectivity index (χ3v) is 5.27. The molecule has 3 aromatic rings. The normalized spacial score (nSPS) is 19.2. The highest BCUT2D eigenvalue weighted by molar-refractivity contribution is 6.01. The van der Waals surface area contributed by atoms with Gasteiger partial charge in [-0.25, -0.2) is 9.18 Å². The quantitative estimate of drug-likeness (QED) is 0.677. The average molecular weight is 363 g/mol. The maximum Gasteiger partial charge on any atom is 0.319 e. The molecule has 138 valence electrons. The molecule has 2 N–H and O–H groups in total. The number of hydrogen-bond acceptors (Lipinski definition) is 2. The van der Waals surface area contributed by atoms with Crippen LogP contribution in [0.4, 0.5) is 14.9 Å². The molecule has 1 saturated carbocycles. The van der Waals surface area contributed by atoms with Crippen molar-refractivity contribution in [3.8, 4) is 0 Å². The molecular weight excluding hydrogens is 341 g/mol. The van der Waals surface area contributed by atoms with E-state index in [-0.39, 0.29) is 17.8 Å². The van der Waals surface area contributed by atoms with Gasteiger partial charge in [0.2, 0.25) is 0 Å². The van der Waals surface area contributed by atoms with Gasteiger partial charge in [0.25, 0.3) is 0 Å². The first kappa shape index (κ1) is 17.5. The van der Waals surface area contributed by atoms with Gasteiger partial charge in [0, 0.05) is 28.7 Å². The maximum atomic E-state index is 14.3. The molecule has 1 aliphatic rings. The second kappa shape index (κ2) is 7.35. The molecule has 4 nitrogen and oxygen atoms in total. The number of halogens is 1. The van der Waals surface area contributed by atoms with Gasteiger partial charge in [-0.15, -0.1) is 0 Å². The summed E-state index contributed by atoms with van der Waals surface area (Å²) in [6.45, 7) is 1.84. The third-order valence-electron chi connectivity index (χ3n) is 5.27. The number of amides is 2. The molecule has 0 aliphatic heterocycles. The molecule has 27 heavy (non-hydrogen) atoms. The van der Waals surface area contributed by atoms with Gasteiger partial charge in [-0.1, -0.05) is 30.3 Å². The zero-order valence-corrected chi connectivity index (χ0v) is 15.2. The summed E-state index contributed by atoms with van der Waals surface area (Å²) in [5.41, 5.74) is 2.29. The van der Waals surface area contributed by atoms with E-state index in [2.05, 4.69) is 27.8 Å². The lowest BCUT2D eigenvalue weighted by Gasteiger charge is -2.16. The molecule has 1 fully saturated rings. The van der Waals surface area contributed by atoms with E-state index in [0.29, 0.717) is 11.3 Å². The molecule has 2 atom stereocenters. The van der Waals surface area contributed by atoms with Gasteiger partial charge in [0.15, 0.2) is 0 Å². The van der Waals surface area contributed by atoms with Crippen LogP contribution in [0.3, 0.4) is 0 Å². The second-order valence-electron chi connectivity index (χ2n) is 7.19. The lowest BCUT2D eigenvalue weighted by atomic mass is 9.98. The summed E-state index contributed by atoms with van der Waals surface area (Å²) in [4.78, 5) is 16.7. The highest BCUT2D eigenvalue weighted by Crippen LogP contribution is 2.34. The number of carbonyl (C=O) groups is 1. The molecule has 1 aliphatic carbocycles. The standard InChI is InChI=1S/C22H22FN3O/c1-14-11-19-17(13-24-14)8-10-20(23)21(19)26-22(27)25-18-9-7-16(12-18)15-5-3-2-4-6-15/h2-6,8,10-11,13,16,18H,7,9,12H2,1H3,(H2,25,26,27)/t16-,18-/m0/s1. The van der Waals surface area contributed by atoms with E-state index < -0.39 is 5.82 Å². The van der Waals surface area contributed by atoms with Crippen molar-refractivity contribution in [1.82, 2.24) is 10.3 Å². The van der Waals surface area contributed by atoms with Crippen molar-refractivity contribution in [3.63, 3.8) is 0 Å². The molecule has 1 heterocycles. The number of anilines is 1. The van der Waals surface area contributed by atoms with Gasteiger partial charge in [-0.05, 0) is 55.9 Å². The van der Waals surface area contributed by atoms with E-state index in [1.807, 2.05) is 25.1 Å². The second-order valence-corrected chi connectivity index (χ2v) is 7.19. The number of aryl methyl sites for hydroxylation is 1. The Morgan fingerprint density at radius 3 is 2.78 bits per heavy atom. The molecule has 0 saturated heterocycles. The van der Waals surface area contributed by atoms with Crippen molar-refractivity contribution >= 4 is 22.5 Å². The minimum absolute atomic E-state index is 0.0941. The fraction of sp³-hybridized carbons (Fsp3) is 0.273. The van der Waals surface area contributed by atoms with Gasteiger partial charge in [-0.2, -0.15) is 0 Å². The first-order chi connectivity index (χ1) is 13.1. The van der Waals surface area contributed by atoms with Crippen LogP contribution in [0.15, 0.2) is 54.7 Å². The van der Waals surface area contributed by atoms with Crippen LogP contribution in [0.2, 0.25) is 0 Å². The minimum atomic E-state index is -0.447. The Kier molecular flexibility index (Phi) is 4.75. The van der Waals surface area contributed by atoms with Gasteiger partial charge < -0.3 is 10.6 Å². The Balaban J connectivity index is 1.45. The lowest BCUT2D eigenvalue weighted by Crippen LogP contribution is -2.36. The van der Waals surface area contributed by atoms with E-state index in [1.54, 1.807) is 18.3 Å². The van der Waals surface area contributed by atoms with E-state index in [0.717, 1.165) is 30.3 Å². The highest BCUT2D eigenvalue weighted by atomic mass is 19.1. The van der Waals surface area contributed by atoms with Crippen LogP contribution in [-0.2, 0) is 0 Å². The van der Waals surface area contributed by atoms with Crippen molar-refractivity contribution in [2.45, 2.75) is 38.1 Å². The largest absolute Gasteiger partial charge is 0.335 e. The smallest absolute Gasteiger partial charge is 0.319 e. The number of hydrogen-bond donors (Lipinski definition) is 2. The molecule has 1 aromatic heterocycles. The van der Waals surface area contributed by atoms with Crippen LogP contribution in [0.5, 0.6) is 0 Å². The van der Waals surface area contributed by atoms with Crippen LogP contribution < -0.4 is 10.6 Å². The van der Waals surface area contributed by atoms with E-state index in [4.69, 9.17) is 0 Å².